The molecule has 150 valence electrons. The van der Waals surface area contributed by atoms with Gasteiger partial charge in [0.25, 0.3) is 11.8 Å². The second-order valence-corrected chi connectivity index (χ2v) is 8.00. The number of amides is 2. The largest absolute Gasteiger partial charge is 0.459 e. The van der Waals surface area contributed by atoms with Gasteiger partial charge in [0.1, 0.15) is 0 Å². The first kappa shape index (κ1) is 19.4. The van der Waals surface area contributed by atoms with Gasteiger partial charge >= 0.3 is 0 Å². The zero-order valence-electron chi connectivity index (χ0n) is 16.1. The molecule has 0 saturated carbocycles. The van der Waals surface area contributed by atoms with Crippen LogP contribution in [0.4, 0.5) is 5.69 Å². The average Bonchev–Trinajstić information content (AvgIpc) is 3.40. The van der Waals surface area contributed by atoms with Gasteiger partial charge in [-0.15, -0.1) is 11.3 Å². The van der Waals surface area contributed by atoms with Crippen molar-refractivity contribution in [3.63, 3.8) is 0 Å². The highest BCUT2D eigenvalue weighted by Crippen LogP contribution is 2.17. The number of aromatic nitrogens is 1. The Balaban J connectivity index is 1.34. The molecule has 8 heteroatoms. The van der Waals surface area contributed by atoms with Gasteiger partial charge in [-0.05, 0) is 37.3 Å². The van der Waals surface area contributed by atoms with Crippen molar-refractivity contribution in [2.24, 2.45) is 0 Å². The van der Waals surface area contributed by atoms with Crippen molar-refractivity contribution in [1.29, 1.82) is 0 Å². The molecule has 3 aromatic rings. The Labute approximate surface area is 173 Å². The molecule has 29 heavy (non-hydrogen) atoms. The summed E-state index contributed by atoms with van der Waals surface area (Å²) in [5.74, 6) is -0.137. The van der Waals surface area contributed by atoms with Crippen LogP contribution in [0.3, 0.4) is 0 Å². The molecule has 4 rings (SSSR count). The van der Waals surface area contributed by atoms with E-state index >= 15 is 0 Å². The molecule has 1 saturated heterocycles. The fourth-order valence-electron chi connectivity index (χ4n) is 3.33. The van der Waals surface area contributed by atoms with E-state index in [1.54, 1.807) is 47.7 Å². The number of anilines is 1. The summed E-state index contributed by atoms with van der Waals surface area (Å²) < 4.78 is 5.10. The second-order valence-electron chi connectivity index (χ2n) is 6.94. The maximum Gasteiger partial charge on any atom is 0.291 e. The Hall–Kier alpha value is -2.97. The first-order chi connectivity index (χ1) is 14.1. The highest BCUT2D eigenvalue weighted by molar-refractivity contribution is 7.09. The van der Waals surface area contributed by atoms with E-state index in [-0.39, 0.29) is 17.6 Å². The van der Waals surface area contributed by atoms with Crippen LogP contribution in [0.2, 0.25) is 0 Å². The predicted molar refractivity (Wildman–Crippen MR) is 111 cm³/mol. The third-order valence-electron chi connectivity index (χ3n) is 4.82. The summed E-state index contributed by atoms with van der Waals surface area (Å²) in [4.78, 5) is 33.7. The number of furan rings is 1. The van der Waals surface area contributed by atoms with Crippen molar-refractivity contribution in [2.45, 2.75) is 13.5 Å². The lowest BCUT2D eigenvalue weighted by Gasteiger charge is -2.34. The Morgan fingerprint density at radius 2 is 2.00 bits per heavy atom. The van der Waals surface area contributed by atoms with Crippen molar-refractivity contribution in [1.82, 2.24) is 14.8 Å². The van der Waals surface area contributed by atoms with Crippen LogP contribution in [0.15, 0.2) is 52.5 Å². The molecule has 2 aromatic heterocycles. The zero-order chi connectivity index (χ0) is 20.2. The lowest BCUT2D eigenvalue weighted by Crippen LogP contribution is -2.48. The SMILES string of the molecule is Cc1nc(CN2CCN(C(=O)c3cccc(NC(=O)c4ccco4)c3)CC2)cs1. The molecule has 0 spiro atoms. The fourth-order valence-corrected chi connectivity index (χ4v) is 3.94. The van der Waals surface area contributed by atoms with E-state index in [2.05, 4.69) is 20.6 Å². The molecular weight excluding hydrogens is 388 g/mol. The maximum atomic E-state index is 12.9. The van der Waals surface area contributed by atoms with Crippen LogP contribution in [-0.2, 0) is 6.54 Å². The minimum atomic E-state index is -0.342. The first-order valence-electron chi connectivity index (χ1n) is 9.46. The molecule has 0 unspecified atom stereocenters. The first-order valence-corrected chi connectivity index (χ1v) is 10.3. The number of piperazine rings is 1. The van der Waals surface area contributed by atoms with Gasteiger partial charge in [0.15, 0.2) is 5.76 Å². The molecule has 1 aromatic carbocycles. The predicted octanol–water partition coefficient (Wildman–Crippen LogP) is 3.25. The summed E-state index contributed by atoms with van der Waals surface area (Å²) in [5.41, 5.74) is 2.22. The van der Waals surface area contributed by atoms with Gasteiger partial charge in [-0.1, -0.05) is 6.07 Å². The second kappa shape index (κ2) is 8.59. The van der Waals surface area contributed by atoms with E-state index in [1.165, 1.54) is 6.26 Å². The van der Waals surface area contributed by atoms with Crippen LogP contribution in [-0.4, -0.2) is 52.8 Å². The number of nitrogens with zero attached hydrogens (tertiary/aromatic N) is 3. The number of hydrogen-bond donors (Lipinski definition) is 1. The van der Waals surface area contributed by atoms with Gasteiger partial charge in [0.2, 0.25) is 0 Å². The molecule has 1 aliphatic rings. The van der Waals surface area contributed by atoms with Crippen molar-refractivity contribution in [3.8, 4) is 0 Å². The molecule has 0 aliphatic carbocycles. The number of aryl methyl sites for hydroxylation is 1. The molecule has 1 fully saturated rings. The van der Waals surface area contributed by atoms with Crippen molar-refractivity contribution in [3.05, 3.63) is 70.1 Å². The highest BCUT2D eigenvalue weighted by atomic mass is 32.1. The van der Waals surface area contributed by atoms with Crippen LogP contribution in [0, 0.1) is 6.92 Å². The summed E-state index contributed by atoms with van der Waals surface area (Å²) in [6.45, 7) is 5.81. The molecule has 1 N–H and O–H groups in total. The summed E-state index contributed by atoms with van der Waals surface area (Å²) in [6, 6.07) is 10.3. The molecule has 0 bridgehead atoms. The molecule has 0 atom stereocenters. The zero-order valence-corrected chi connectivity index (χ0v) is 16.9. The van der Waals surface area contributed by atoms with Gasteiger partial charge in [-0.3, -0.25) is 14.5 Å². The van der Waals surface area contributed by atoms with E-state index in [0.29, 0.717) is 24.3 Å². The third-order valence-corrected chi connectivity index (χ3v) is 5.65. The van der Waals surface area contributed by atoms with Gasteiger partial charge in [-0.2, -0.15) is 0 Å². The molecule has 0 radical (unpaired) electrons. The lowest BCUT2D eigenvalue weighted by atomic mass is 10.1. The number of rotatable bonds is 5. The Bertz CT molecular complexity index is 991. The number of thiazole rings is 1. The van der Waals surface area contributed by atoms with Crippen LogP contribution in [0.1, 0.15) is 31.6 Å². The van der Waals surface area contributed by atoms with Crippen molar-refractivity contribution < 1.29 is 14.0 Å². The Morgan fingerprint density at radius 3 is 2.69 bits per heavy atom. The number of carbonyl (C=O) groups excluding carboxylic acids is 2. The van der Waals surface area contributed by atoms with Gasteiger partial charge in [-0.25, -0.2) is 4.98 Å². The lowest BCUT2D eigenvalue weighted by molar-refractivity contribution is 0.0627. The Kier molecular flexibility index (Phi) is 5.73. The van der Waals surface area contributed by atoms with Gasteiger partial charge in [0.05, 0.1) is 17.0 Å². The highest BCUT2D eigenvalue weighted by Gasteiger charge is 2.23. The monoisotopic (exact) mass is 410 g/mol. The number of nitrogens with one attached hydrogen (secondary N) is 1. The van der Waals surface area contributed by atoms with E-state index in [1.807, 2.05) is 11.8 Å². The van der Waals surface area contributed by atoms with E-state index in [9.17, 15) is 9.59 Å². The van der Waals surface area contributed by atoms with Crippen LogP contribution in [0.25, 0.3) is 0 Å². The standard InChI is InChI=1S/C21H22N4O3S/c1-15-22-18(14-29-15)13-24-7-9-25(10-8-24)21(27)16-4-2-5-17(12-16)23-20(26)19-6-3-11-28-19/h2-6,11-12,14H,7-10,13H2,1H3,(H,23,26). The average molecular weight is 410 g/mol. The number of carbonyl (C=O) groups is 2. The van der Waals surface area contributed by atoms with Crippen LogP contribution in [0.5, 0.6) is 0 Å². The molecular formula is C21H22N4O3S. The van der Waals surface area contributed by atoms with Gasteiger partial charge in [0, 0.05) is 49.4 Å². The minimum absolute atomic E-state index is 0.0248. The topological polar surface area (TPSA) is 78.7 Å². The maximum absolute atomic E-state index is 12.9. The van der Waals surface area contributed by atoms with Crippen molar-refractivity contribution in [2.75, 3.05) is 31.5 Å². The summed E-state index contributed by atoms with van der Waals surface area (Å²) in [6.07, 6.45) is 1.45. The molecule has 3 heterocycles. The number of benzene rings is 1. The molecule has 1 aliphatic heterocycles. The van der Waals surface area contributed by atoms with E-state index < -0.39 is 0 Å². The summed E-state index contributed by atoms with van der Waals surface area (Å²) in [5, 5.41) is 5.93. The Morgan fingerprint density at radius 1 is 1.17 bits per heavy atom. The van der Waals surface area contributed by atoms with Crippen molar-refractivity contribution >= 4 is 28.8 Å². The van der Waals surface area contributed by atoms with E-state index in [4.69, 9.17) is 4.42 Å². The van der Waals surface area contributed by atoms with Crippen LogP contribution < -0.4 is 5.32 Å². The minimum Gasteiger partial charge on any atom is -0.459 e. The summed E-state index contributed by atoms with van der Waals surface area (Å²) >= 11 is 1.66. The normalized spacial score (nSPS) is 14.7. The fraction of sp³-hybridized carbons (Fsp3) is 0.286. The van der Waals surface area contributed by atoms with Gasteiger partial charge < -0.3 is 14.6 Å². The smallest absolute Gasteiger partial charge is 0.291 e. The quantitative estimate of drug-likeness (QED) is 0.699. The molecule has 7 nitrogen and oxygen atoms in total. The molecule has 2 amide bonds. The number of hydrogen-bond acceptors (Lipinski definition) is 6. The third kappa shape index (κ3) is 4.72. The summed E-state index contributed by atoms with van der Waals surface area (Å²) in [7, 11) is 0. The van der Waals surface area contributed by atoms with E-state index in [0.717, 1.165) is 30.3 Å². The van der Waals surface area contributed by atoms with Crippen LogP contribution >= 0.6 is 11.3 Å².